The van der Waals surface area contributed by atoms with Gasteiger partial charge < -0.3 is 5.11 Å². The van der Waals surface area contributed by atoms with Crippen LogP contribution in [0.4, 0.5) is 0 Å². The SMILES string of the molecule is C=C=C([C@@H](C)O)[Si](C)(C)C. The van der Waals surface area contributed by atoms with Crippen LogP contribution < -0.4 is 0 Å². The van der Waals surface area contributed by atoms with Gasteiger partial charge in [-0.3, -0.25) is 0 Å². The standard InChI is InChI=1S/C8H16OSi/c1-6-8(7(2)9)10(3,4)5/h7,9H,1H2,2-5H3/t7-/m1/s1. The number of aliphatic hydroxyl groups excluding tert-OH is 1. The highest BCUT2D eigenvalue weighted by atomic mass is 28.3. The van der Waals surface area contributed by atoms with Crippen molar-refractivity contribution in [2.75, 3.05) is 0 Å². The van der Waals surface area contributed by atoms with Crippen LogP contribution in [0.2, 0.25) is 19.6 Å². The third-order valence-corrected chi connectivity index (χ3v) is 3.63. The van der Waals surface area contributed by atoms with Gasteiger partial charge >= 0.3 is 0 Å². The van der Waals surface area contributed by atoms with E-state index in [-0.39, 0.29) is 6.10 Å². The molecule has 0 aromatic heterocycles. The van der Waals surface area contributed by atoms with E-state index < -0.39 is 8.07 Å². The lowest BCUT2D eigenvalue weighted by Crippen LogP contribution is -2.30. The summed E-state index contributed by atoms with van der Waals surface area (Å²) in [5.74, 6) is 0. The summed E-state index contributed by atoms with van der Waals surface area (Å²) in [6, 6.07) is 0. The Hall–Kier alpha value is -0.303. The van der Waals surface area contributed by atoms with E-state index in [0.29, 0.717) is 0 Å². The minimum Gasteiger partial charge on any atom is -0.389 e. The molecular formula is C8H16OSi. The third kappa shape index (κ3) is 2.52. The third-order valence-electron chi connectivity index (χ3n) is 1.42. The van der Waals surface area contributed by atoms with E-state index in [1.807, 2.05) is 0 Å². The van der Waals surface area contributed by atoms with E-state index >= 15 is 0 Å². The second-order valence-corrected chi connectivity index (χ2v) is 8.56. The zero-order valence-electron chi connectivity index (χ0n) is 7.23. The highest BCUT2D eigenvalue weighted by molar-refractivity contribution is 6.83. The Kier molecular flexibility index (Phi) is 3.10. The predicted octanol–water partition coefficient (Wildman–Crippen LogP) is 1.96. The zero-order chi connectivity index (χ0) is 8.36. The van der Waals surface area contributed by atoms with Crippen molar-refractivity contribution in [1.82, 2.24) is 0 Å². The molecule has 0 fully saturated rings. The number of aliphatic hydroxyl groups is 1. The van der Waals surface area contributed by atoms with E-state index in [4.69, 9.17) is 0 Å². The van der Waals surface area contributed by atoms with Crippen molar-refractivity contribution in [3.63, 3.8) is 0 Å². The fraction of sp³-hybridized carbons (Fsp3) is 0.625. The minimum absolute atomic E-state index is 0.371. The van der Waals surface area contributed by atoms with E-state index in [9.17, 15) is 5.11 Å². The number of rotatable bonds is 2. The van der Waals surface area contributed by atoms with Crippen LogP contribution in [0.15, 0.2) is 17.5 Å². The van der Waals surface area contributed by atoms with Gasteiger partial charge in [-0.15, -0.1) is 5.73 Å². The number of hydrogen-bond donors (Lipinski definition) is 1. The average Bonchev–Trinajstić information content (AvgIpc) is 1.60. The first-order valence-corrected chi connectivity index (χ1v) is 6.98. The van der Waals surface area contributed by atoms with Gasteiger partial charge in [0.15, 0.2) is 0 Å². The summed E-state index contributed by atoms with van der Waals surface area (Å²) in [6.07, 6.45) is -0.371. The fourth-order valence-corrected chi connectivity index (χ4v) is 2.82. The molecule has 0 aliphatic heterocycles. The van der Waals surface area contributed by atoms with E-state index in [1.165, 1.54) is 0 Å². The van der Waals surface area contributed by atoms with Gasteiger partial charge in [-0.25, -0.2) is 0 Å². The Morgan fingerprint density at radius 3 is 1.90 bits per heavy atom. The Balaban J connectivity index is 4.57. The highest BCUT2D eigenvalue weighted by Crippen LogP contribution is 2.16. The normalized spacial score (nSPS) is 14.1. The van der Waals surface area contributed by atoms with Gasteiger partial charge in [0.05, 0.1) is 14.2 Å². The van der Waals surface area contributed by atoms with Crippen LogP contribution in [0, 0.1) is 0 Å². The molecule has 0 spiro atoms. The van der Waals surface area contributed by atoms with E-state index in [2.05, 4.69) is 32.0 Å². The molecule has 10 heavy (non-hydrogen) atoms. The van der Waals surface area contributed by atoms with E-state index in [1.54, 1.807) is 6.92 Å². The van der Waals surface area contributed by atoms with Crippen LogP contribution in [-0.4, -0.2) is 19.3 Å². The summed E-state index contributed by atoms with van der Waals surface area (Å²) in [5, 5.41) is 10.2. The van der Waals surface area contributed by atoms with Crippen LogP contribution >= 0.6 is 0 Å². The molecule has 0 aliphatic carbocycles. The molecule has 0 aromatic rings. The van der Waals surface area contributed by atoms with Crippen molar-refractivity contribution in [2.24, 2.45) is 0 Å². The molecule has 0 radical (unpaired) electrons. The molecule has 0 rings (SSSR count). The fourth-order valence-electron chi connectivity index (χ4n) is 1.04. The van der Waals surface area contributed by atoms with Crippen LogP contribution in [0.1, 0.15) is 6.92 Å². The van der Waals surface area contributed by atoms with Gasteiger partial charge in [0.1, 0.15) is 0 Å². The van der Waals surface area contributed by atoms with Gasteiger partial charge in [0.2, 0.25) is 0 Å². The summed E-state index contributed by atoms with van der Waals surface area (Å²) in [7, 11) is -1.36. The highest BCUT2D eigenvalue weighted by Gasteiger charge is 2.22. The largest absolute Gasteiger partial charge is 0.389 e. The van der Waals surface area contributed by atoms with Crippen LogP contribution in [-0.2, 0) is 0 Å². The first kappa shape index (κ1) is 9.70. The molecule has 0 bridgehead atoms. The van der Waals surface area contributed by atoms with Gasteiger partial charge in [-0.1, -0.05) is 26.2 Å². The van der Waals surface area contributed by atoms with Crippen molar-refractivity contribution in [3.8, 4) is 0 Å². The number of hydrogen-bond acceptors (Lipinski definition) is 1. The van der Waals surface area contributed by atoms with Crippen molar-refractivity contribution >= 4 is 8.07 Å². The maximum absolute atomic E-state index is 9.24. The summed E-state index contributed by atoms with van der Waals surface area (Å²) >= 11 is 0. The quantitative estimate of drug-likeness (QED) is 0.478. The Bertz CT molecular complexity index is 159. The van der Waals surface area contributed by atoms with E-state index in [0.717, 1.165) is 5.20 Å². The van der Waals surface area contributed by atoms with Gasteiger partial charge in [0, 0.05) is 0 Å². The van der Waals surface area contributed by atoms with Gasteiger partial charge in [-0.05, 0) is 12.1 Å². The first-order chi connectivity index (χ1) is 4.39. The molecule has 1 N–H and O–H groups in total. The second-order valence-electron chi connectivity index (χ2n) is 3.52. The topological polar surface area (TPSA) is 20.2 Å². The molecule has 0 aliphatic rings. The molecule has 0 heterocycles. The maximum atomic E-state index is 9.24. The molecule has 2 heteroatoms. The molecule has 0 saturated heterocycles. The Morgan fingerprint density at radius 2 is 1.90 bits per heavy atom. The molecule has 0 aromatic carbocycles. The summed E-state index contributed by atoms with van der Waals surface area (Å²) in [6.45, 7) is 11.9. The lowest BCUT2D eigenvalue weighted by atomic mass is 10.4. The van der Waals surface area contributed by atoms with Crippen LogP contribution in [0.25, 0.3) is 0 Å². The molecule has 0 amide bonds. The van der Waals surface area contributed by atoms with Crippen LogP contribution in [0.5, 0.6) is 0 Å². The lowest BCUT2D eigenvalue weighted by molar-refractivity contribution is 0.238. The van der Waals surface area contributed by atoms with Crippen LogP contribution in [0.3, 0.4) is 0 Å². The monoisotopic (exact) mass is 156 g/mol. The molecular weight excluding hydrogens is 140 g/mol. The Morgan fingerprint density at radius 1 is 1.50 bits per heavy atom. The molecule has 0 saturated carbocycles. The summed E-state index contributed by atoms with van der Waals surface area (Å²) in [5.41, 5.74) is 2.82. The maximum Gasteiger partial charge on any atom is 0.0857 e. The average molecular weight is 156 g/mol. The molecule has 1 atom stereocenters. The second kappa shape index (κ2) is 3.20. The minimum atomic E-state index is -1.36. The first-order valence-electron chi connectivity index (χ1n) is 3.48. The smallest absolute Gasteiger partial charge is 0.0857 e. The van der Waals surface area contributed by atoms with Gasteiger partial charge in [0.25, 0.3) is 0 Å². The molecule has 1 nitrogen and oxygen atoms in total. The molecule has 0 unspecified atom stereocenters. The van der Waals surface area contributed by atoms with Gasteiger partial charge in [-0.2, -0.15) is 0 Å². The van der Waals surface area contributed by atoms with Crippen molar-refractivity contribution in [3.05, 3.63) is 17.5 Å². The molecule has 58 valence electrons. The zero-order valence-corrected chi connectivity index (χ0v) is 8.23. The lowest BCUT2D eigenvalue weighted by Gasteiger charge is -2.20. The predicted molar refractivity (Wildman–Crippen MR) is 47.7 cm³/mol. The summed E-state index contributed by atoms with van der Waals surface area (Å²) in [4.78, 5) is 0. The van der Waals surface area contributed by atoms with Crippen molar-refractivity contribution < 1.29 is 5.11 Å². The van der Waals surface area contributed by atoms with Crippen molar-refractivity contribution in [1.29, 1.82) is 0 Å². The van der Waals surface area contributed by atoms with Crippen molar-refractivity contribution in [2.45, 2.75) is 32.7 Å². The summed E-state index contributed by atoms with van der Waals surface area (Å²) < 4.78 is 0. The Labute approximate surface area is 64.1 Å².